The molecule has 0 spiro atoms. The molecule has 0 aliphatic carbocycles. The number of hydrogen-bond donors (Lipinski definition) is 1. The van der Waals surface area contributed by atoms with Crippen LogP contribution in [-0.4, -0.2) is 44.1 Å². The van der Waals surface area contributed by atoms with Gasteiger partial charge < -0.3 is 5.11 Å². The summed E-state index contributed by atoms with van der Waals surface area (Å²) in [5.74, 6) is -0.654. The smallest absolute Gasteiger partial charge is 0.310 e. The molecule has 1 fully saturated rings. The highest BCUT2D eigenvalue weighted by molar-refractivity contribution is 5.75. The molecule has 1 aliphatic rings. The van der Waals surface area contributed by atoms with E-state index in [0.717, 1.165) is 37.9 Å². The third-order valence-corrected chi connectivity index (χ3v) is 3.87. The van der Waals surface area contributed by atoms with Crippen LogP contribution in [0.15, 0.2) is 6.20 Å². The molecule has 2 heterocycles. The number of rotatable bonds is 5. The fourth-order valence-electron chi connectivity index (χ4n) is 3.02. The second-order valence-corrected chi connectivity index (χ2v) is 5.53. The largest absolute Gasteiger partial charge is 0.481 e. The molecule has 1 aromatic rings. The van der Waals surface area contributed by atoms with Crippen LogP contribution < -0.4 is 0 Å². The molecule has 0 radical (unpaired) electrons. The highest BCUT2D eigenvalue weighted by atomic mass is 16.4. The fraction of sp³-hybridized carbons (Fsp3) is 0.769. The molecule has 0 saturated carbocycles. The number of nitrogens with zero attached hydrogens (tertiary/aromatic N) is 4. The van der Waals surface area contributed by atoms with Crippen molar-refractivity contribution < 1.29 is 9.90 Å². The highest BCUT2D eigenvalue weighted by Crippen LogP contribution is 2.35. The van der Waals surface area contributed by atoms with Crippen molar-refractivity contribution in [3.05, 3.63) is 11.9 Å². The van der Waals surface area contributed by atoms with Crippen molar-refractivity contribution in [3.63, 3.8) is 0 Å². The second kappa shape index (κ2) is 5.69. The van der Waals surface area contributed by atoms with E-state index in [2.05, 4.69) is 15.2 Å². The normalized spacial score (nSPS) is 24.5. The van der Waals surface area contributed by atoms with Crippen LogP contribution in [-0.2, 0) is 18.4 Å². The molecule has 0 bridgehead atoms. The Kier molecular flexibility index (Phi) is 4.19. The Labute approximate surface area is 113 Å². The molecule has 0 aromatic carbocycles. The average molecular weight is 266 g/mol. The maximum absolute atomic E-state index is 11.6. The van der Waals surface area contributed by atoms with Crippen LogP contribution in [0.3, 0.4) is 0 Å². The van der Waals surface area contributed by atoms with Crippen LogP contribution in [0.4, 0.5) is 0 Å². The summed E-state index contributed by atoms with van der Waals surface area (Å²) < 4.78 is 1.68. The lowest BCUT2D eigenvalue weighted by atomic mass is 9.76. The molecule has 1 atom stereocenters. The van der Waals surface area contributed by atoms with Gasteiger partial charge in [0, 0.05) is 26.3 Å². The van der Waals surface area contributed by atoms with Crippen LogP contribution in [0.5, 0.6) is 0 Å². The predicted octanol–water partition coefficient (Wildman–Crippen LogP) is 1.28. The third-order valence-electron chi connectivity index (χ3n) is 3.87. The van der Waals surface area contributed by atoms with E-state index in [1.807, 2.05) is 20.2 Å². The van der Waals surface area contributed by atoms with E-state index in [1.165, 1.54) is 0 Å². The Hall–Kier alpha value is -1.43. The average Bonchev–Trinajstić information content (AvgIpc) is 2.75. The van der Waals surface area contributed by atoms with Crippen molar-refractivity contribution in [2.45, 2.75) is 39.2 Å². The number of aliphatic carboxylic acids is 1. The van der Waals surface area contributed by atoms with Crippen molar-refractivity contribution in [1.82, 2.24) is 19.9 Å². The Morgan fingerprint density at radius 3 is 2.95 bits per heavy atom. The Morgan fingerprint density at radius 1 is 1.58 bits per heavy atom. The van der Waals surface area contributed by atoms with Crippen molar-refractivity contribution in [2.75, 3.05) is 13.1 Å². The molecular formula is C13H22N4O2. The fourth-order valence-corrected chi connectivity index (χ4v) is 3.02. The monoisotopic (exact) mass is 266 g/mol. The molecule has 1 N–H and O–H groups in total. The number of aryl methyl sites for hydroxylation is 1. The number of carboxylic acid groups (broad SMARTS) is 1. The van der Waals surface area contributed by atoms with E-state index in [0.29, 0.717) is 13.1 Å². The number of carbonyl (C=O) groups is 1. The van der Waals surface area contributed by atoms with E-state index < -0.39 is 11.4 Å². The van der Waals surface area contributed by atoms with Crippen LogP contribution in [0.2, 0.25) is 0 Å². The molecule has 19 heavy (non-hydrogen) atoms. The predicted molar refractivity (Wildman–Crippen MR) is 70.5 cm³/mol. The van der Waals surface area contributed by atoms with Gasteiger partial charge >= 0.3 is 5.97 Å². The summed E-state index contributed by atoms with van der Waals surface area (Å²) in [4.78, 5) is 13.8. The zero-order chi connectivity index (χ0) is 13.9. The number of carboxylic acids is 1. The van der Waals surface area contributed by atoms with Gasteiger partial charge in [-0.1, -0.05) is 18.6 Å². The Morgan fingerprint density at radius 2 is 2.37 bits per heavy atom. The van der Waals surface area contributed by atoms with Crippen LogP contribution in [0, 0.1) is 5.41 Å². The molecule has 1 aliphatic heterocycles. The van der Waals surface area contributed by atoms with Gasteiger partial charge in [0.25, 0.3) is 0 Å². The first-order valence-electron chi connectivity index (χ1n) is 6.87. The van der Waals surface area contributed by atoms with Gasteiger partial charge in [0.1, 0.15) is 0 Å². The SMILES string of the molecule is CCCC1(C(=O)O)CCCN(Cc2cn(C)nn2)C1. The van der Waals surface area contributed by atoms with Gasteiger partial charge in [-0.25, -0.2) is 0 Å². The molecule has 6 nitrogen and oxygen atoms in total. The minimum absolute atomic E-state index is 0.574. The van der Waals surface area contributed by atoms with Crippen LogP contribution in [0.1, 0.15) is 38.3 Å². The van der Waals surface area contributed by atoms with Gasteiger partial charge in [-0.3, -0.25) is 14.4 Å². The molecular weight excluding hydrogens is 244 g/mol. The summed E-state index contributed by atoms with van der Waals surface area (Å²) in [7, 11) is 1.84. The maximum atomic E-state index is 11.6. The molecule has 1 saturated heterocycles. The summed E-state index contributed by atoms with van der Waals surface area (Å²) in [5.41, 5.74) is 0.329. The van der Waals surface area contributed by atoms with Crippen molar-refractivity contribution in [3.8, 4) is 0 Å². The lowest BCUT2D eigenvalue weighted by molar-refractivity contribution is -0.153. The standard InChI is InChI=1S/C13H22N4O2/c1-3-5-13(12(18)19)6-4-7-17(10-13)9-11-8-16(2)15-14-11/h8H,3-7,9-10H2,1-2H3,(H,18,19). The van der Waals surface area contributed by atoms with E-state index in [9.17, 15) is 9.90 Å². The summed E-state index contributed by atoms with van der Waals surface area (Å²) in [6.45, 7) is 4.29. The van der Waals surface area contributed by atoms with E-state index in [-0.39, 0.29) is 0 Å². The summed E-state index contributed by atoms with van der Waals surface area (Å²) in [6.07, 6.45) is 5.27. The molecule has 1 unspecified atom stereocenters. The lowest BCUT2D eigenvalue weighted by Gasteiger charge is -2.39. The second-order valence-electron chi connectivity index (χ2n) is 5.53. The Balaban J connectivity index is 2.05. The summed E-state index contributed by atoms with van der Waals surface area (Å²) in [5, 5.41) is 17.5. The number of aromatic nitrogens is 3. The zero-order valence-electron chi connectivity index (χ0n) is 11.7. The molecule has 6 heteroatoms. The zero-order valence-corrected chi connectivity index (χ0v) is 11.7. The number of piperidine rings is 1. The first-order chi connectivity index (χ1) is 9.05. The molecule has 2 rings (SSSR count). The summed E-state index contributed by atoms with van der Waals surface area (Å²) >= 11 is 0. The topological polar surface area (TPSA) is 71.2 Å². The summed E-state index contributed by atoms with van der Waals surface area (Å²) in [6, 6.07) is 0. The van der Waals surface area contributed by atoms with Crippen molar-refractivity contribution in [1.29, 1.82) is 0 Å². The van der Waals surface area contributed by atoms with Gasteiger partial charge in [-0.2, -0.15) is 0 Å². The Bertz CT molecular complexity index is 442. The first-order valence-corrected chi connectivity index (χ1v) is 6.87. The van der Waals surface area contributed by atoms with Gasteiger partial charge in [0.2, 0.25) is 0 Å². The van der Waals surface area contributed by atoms with Crippen LogP contribution in [0.25, 0.3) is 0 Å². The van der Waals surface area contributed by atoms with Gasteiger partial charge in [-0.15, -0.1) is 5.10 Å². The van der Waals surface area contributed by atoms with E-state index in [4.69, 9.17) is 0 Å². The minimum atomic E-state index is -0.654. The van der Waals surface area contributed by atoms with Gasteiger partial charge in [0.15, 0.2) is 0 Å². The van der Waals surface area contributed by atoms with Crippen molar-refractivity contribution >= 4 is 5.97 Å². The molecule has 0 amide bonds. The van der Waals surface area contributed by atoms with Gasteiger partial charge in [-0.05, 0) is 25.8 Å². The lowest BCUT2D eigenvalue weighted by Crippen LogP contribution is -2.47. The minimum Gasteiger partial charge on any atom is -0.481 e. The van der Waals surface area contributed by atoms with Crippen molar-refractivity contribution in [2.24, 2.45) is 12.5 Å². The molecule has 1 aromatic heterocycles. The highest BCUT2D eigenvalue weighted by Gasteiger charge is 2.41. The number of hydrogen-bond acceptors (Lipinski definition) is 4. The number of likely N-dealkylation sites (tertiary alicyclic amines) is 1. The van der Waals surface area contributed by atoms with Gasteiger partial charge in [0.05, 0.1) is 11.1 Å². The van der Waals surface area contributed by atoms with E-state index >= 15 is 0 Å². The molecule has 106 valence electrons. The first kappa shape index (κ1) is 14.0. The quantitative estimate of drug-likeness (QED) is 0.869. The van der Waals surface area contributed by atoms with E-state index in [1.54, 1.807) is 4.68 Å². The maximum Gasteiger partial charge on any atom is 0.310 e. The third kappa shape index (κ3) is 3.12. The van der Waals surface area contributed by atoms with Crippen LogP contribution >= 0.6 is 0 Å².